The maximum Gasteiger partial charge on any atom is 0.278 e. The smallest absolute Gasteiger partial charge is 0.278 e. The number of nitro groups is 1. The molecule has 0 aliphatic heterocycles. The number of nitrogens with one attached hydrogen (secondary N) is 1. The Kier molecular flexibility index (Phi) is 3.93. The van der Waals surface area contributed by atoms with Gasteiger partial charge in [0, 0.05) is 0 Å². The molecule has 0 bridgehead atoms. The summed E-state index contributed by atoms with van der Waals surface area (Å²) >= 11 is 3.31. The van der Waals surface area contributed by atoms with E-state index in [2.05, 4.69) is 26.3 Å². The minimum absolute atomic E-state index is 0.0778. The van der Waals surface area contributed by atoms with Crippen LogP contribution in [0.15, 0.2) is 40.9 Å². The average molecular weight is 325 g/mol. The highest BCUT2D eigenvalue weighted by Crippen LogP contribution is 2.30. The van der Waals surface area contributed by atoms with Gasteiger partial charge in [-0.3, -0.25) is 10.1 Å². The molecule has 19 heavy (non-hydrogen) atoms. The third-order valence-corrected chi connectivity index (χ3v) is 2.85. The van der Waals surface area contributed by atoms with Crippen LogP contribution in [0.3, 0.4) is 0 Å². The van der Waals surface area contributed by atoms with E-state index >= 15 is 0 Å². The number of rotatable bonds is 4. The fourth-order valence-corrected chi connectivity index (χ4v) is 1.73. The van der Waals surface area contributed by atoms with E-state index < -0.39 is 4.92 Å². The van der Waals surface area contributed by atoms with Crippen molar-refractivity contribution in [2.45, 2.75) is 0 Å². The van der Waals surface area contributed by atoms with E-state index in [1.165, 1.54) is 12.1 Å². The highest BCUT2D eigenvalue weighted by molar-refractivity contribution is 9.10. The first-order valence-corrected chi connectivity index (χ1v) is 5.95. The van der Waals surface area contributed by atoms with E-state index in [9.17, 15) is 10.1 Å². The van der Waals surface area contributed by atoms with Crippen LogP contribution in [0.1, 0.15) is 0 Å². The van der Waals surface area contributed by atoms with Gasteiger partial charge in [0.05, 0.1) is 21.5 Å². The third kappa shape index (κ3) is 3.18. The molecule has 0 radical (unpaired) electrons. The number of nitrogens with zero attached hydrogens (tertiary/aromatic N) is 2. The molecule has 7 nitrogen and oxygen atoms in total. The first kappa shape index (κ1) is 13.2. The molecule has 2 aromatic rings. The number of hydrazine groups is 1. The van der Waals surface area contributed by atoms with Crippen LogP contribution in [0.4, 0.5) is 11.5 Å². The summed E-state index contributed by atoms with van der Waals surface area (Å²) in [5.74, 6) is 5.94. The largest absolute Gasteiger partial charge is 0.438 e. The molecule has 0 amide bonds. The Morgan fingerprint density at radius 3 is 2.74 bits per heavy atom. The fourth-order valence-electron chi connectivity index (χ4n) is 1.36. The van der Waals surface area contributed by atoms with Gasteiger partial charge in [-0.2, -0.15) is 4.98 Å². The Morgan fingerprint density at radius 2 is 2.11 bits per heavy atom. The van der Waals surface area contributed by atoms with Crippen LogP contribution in [0.5, 0.6) is 11.6 Å². The van der Waals surface area contributed by atoms with Gasteiger partial charge in [-0.15, -0.1) is 0 Å². The Morgan fingerprint density at radius 1 is 1.37 bits per heavy atom. The summed E-state index contributed by atoms with van der Waals surface area (Å²) in [6.07, 6.45) is 0. The quantitative estimate of drug-likeness (QED) is 0.509. The first-order chi connectivity index (χ1) is 9.10. The molecule has 0 spiro atoms. The normalized spacial score (nSPS) is 10.0. The van der Waals surface area contributed by atoms with Gasteiger partial charge in [-0.05, 0) is 28.1 Å². The molecule has 2 rings (SSSR count). The first-order valence-electron chi connectivity index (χ1n) is 5.15. The lowest BCUT2D eigenvalue weighted by Gasteiger charge is -2.07. The number of halogens is 1. The number of para-hydroxylation sites is 1. The number of pyridine rings is 1. The van der Waals surface area contributed by atoms with Crippen molar-refractivity contribution in [1.82, 2.24) is 4.98 Å². The van der Waals surface area contributed by atoms with Crippen LogP contribution in [0.25, 0.3) is 0 Å². The monoisotopic (exact) mass is 324 g/mol. The number of anilines is 1. The number of nitrogen functional groups attached to an aromatic ring is 1. The van der Waals surface area contributed by atoms with Crippen molar-refractivity contribution in [2.75, 3.05) is 5.43 Å². The zero-order valence-electron chi connectivity index (χ0n) is 9.54. The van der Waals surface area contributed by atoms with Crippen molar-refractivity contribution < 1.29 is 9.66 Å². The van der Waals surface area contributed by atoms with Gasteiger partial charge in [0.25, 0.3) is 5.69 Å². The van der Waals surface area contributed by atoms with Crippen LogP contribution in [0, 0.1) is 10.1 Å². The molecule has 1 aromatic heterocycles. The van der Waals surface area contributed by atoms with Gasteiger partial charge in [0.1, 0.15) is 5.75 Å². The standard InChI is InChI=1S/C11H9BrN4O3/c12-8-3-1-2-4-9(8)19-11-6-7(16(17)18)5-10(14-11)15-13/h1-6H,13H2,(H,14,15). The molecule has 1 aromatic carbocycles. The maximum absolute atomic E-state index is 10.8. The van der Waals surface area contributed by atoms with E-state index in [1.807, 2.05) is 6.07 Å². The molecule has 0 fully saturated rings. The summed E-state index contributed by atoms with van der Waals surface area (Å²) in [5.41, 5.74) is 2.09. The molecule has 1 heterocycles. The lowest BCUT2D eigenvalue weighted by Crippen LogP contribution is -2.09. The van der Waals surface area contributed by atoms with Gasteiger partial charge >= 0.3 is 0 Å². The van der Waals surface area contributed by atoms with E-state index in [4.69, 9.17) is 10.6 Å². The maximum atomic E-state index is 10.8. The van der Waals surface area contributed by atoms with Crippen molar-refractivity contribution in [1.29, 1.82) is 0 Å². The zero-order valence-corrected chi connectivity index (χ0v) is 11.1. The topological polar surface area (TPSA) is 103 Å². The number of hydrogen-bond acceptors (Lipinski definition) is 6. The minimum atomic E-state index is -0.546. The zero-order chi connectivity index (χ0) is 13.8. The number of ether oxygens (including phenoxy) is 1. The second-order valence-corrected chi connectivity index (χ2v) is 4.34. The van der Waals surface area contributed by atoms with Crippen molar-refractivity contribution in [3.05, 3.63) is 51.0 Å². The van der Waals surface area contributed by atoms with Gasteiger partial charge in [0.2, 0.25) is 5.88 Å². The molecule has 0 atom stereocenters. The van der Waals surface area contributed by atoms with Gasteiger partial charge in [-0.25, -0.2) is 5.84 Å². The second-order valence-electron chi connectivity index (χ2n) is 3.48. The number of nitrogens with two attached hydrogens (primary N) is 1. The van der Waals surface area contributed by atoms with Crippen LogP contribution >= 0.6 is 15.9 Å². The Hall–Kier alpha value is -2.19. The Bertz CT molecular complexity index is 621. The average Bonchev–Trinajstić information content (AvgIpc) is 2.41. The molecule has 98 valence electrons. The van der Waals surface area contributed by atoms with Crippen LogP contribution < -0.4 is 16.0 Å². The van der Waals surface area contributed by atoms with Crippen molar-refractivity contribution in [3.63, 3.8) is 0 Å². The highest BCUT2D eigenvalue weighted by Gasteiger charge is 2.13. The molecule has 0 aliphatic rings. The lowest BCUT2D eigenvalue weighted by molar-refractivity contribution is -0.384. The van der Waals surface area contributed by atoms with Crippen LogP contribution in [-0.4, -0.2) is 9.91 Å². The van der Waals surface area contributed by atoms with Gasteiger partial charge in [-0.1, -0.05) is 12.1 Å². The van der Waals surface area contributed by atoms with E-state index in [-0.39, 0.29) is 17.4 Å². The van der Waals surface area contributed by atoms with Gasteiger partial charge in [0.15, 0.2) is 5.82 Å². The van der Waals surface area contributed by atoms with Crippen molar-refractivity contribution in [2.24, 2.45) is 5.84 Å². The molecule has 3 N–H and O–H groups in total. The Balaban J connectivity index is 2.37. The van der Waals surface area contributed by atoms with Crippen LogP contribution in [-0.2, 0) is 0 Å². The number of hydrogen-bond donors (Lipinski definition) is 2. The molecule has 0 unspecified atom stereocenters. The molecular formula is C11H9BrN4O3. The molecule has 0 saturated heterocycles. The molecule has 0 saturated carbocycles. The second kappa shape index (κ2) is 5.63. The summed E-state index contributed by atoms with van der Waals surface area (Å²) in [6.45, 7) is 0. The predicted octanol–water partition coefficient (Wildman–Crippen LogP) is 2.83. The lowest BCUT2D eigenvalue weighted by atomic mass is 10.3. The summed E-state index contributed by atoms with van der Waals surface area (Å²) in [5, 5.41) is 10.8. The molecular weight excluding hydrogens is 316 g/mol. The molecule has 0 aliphatic carbocycles. The van der Waals surface area contributed by atoms with E-state index in [0.717, 1.165) is 0 Å². The SMILES string of the molecule is NNc1cc([N+](=O)[O-])cc(Oc2ccccc2Br)n1. The Labute approximate surface area is 116 Å². The van der Waals surface area contributed by atoms with E-state index in [0.29, 0.717) is 10.2 Å². The summed E-state index contributed by atoms with van der Waals surface area (Å²) in [6, 6.07) is 9.53. The number of aromatic nitrogens is 1. The fraction of sp³-hybridized carbons (Fsp3) is 0. The van der Waals surface area contributed by atoms with Gasteiger partial charge < -0.3 is 10.2 Å². The number of benzene rings is 1. The van der Waals surface area contributed by atoms with Crippen LogP contribution in [0.2, 0.25) is 0 Å². The molecule has 8 heteroatoms. The highest BCUT2D eigenvalue weighted by atomic mass is 79.9. The summed E-state index contributed by atoms with van der Waals surface area (Å²) in [7, 11) is 0. The minimum Gasteiger partial charge on any atom is -0.438 e. The van der Waals surface area contributed by atoms with Crippen molar-refractivity contribution in [3.8, 4) is 11.6 Å². The van der Waals surface area contributed by atoms with E-state index in [1.54, 1.807) is 18.2 Å². The third-order valence-electron chi connectivity index (χ3n) is 2.20. The predicted molar refractivity (Wildman–Crippen MR) is 72.9 cm³/mol. The van der Waals surface area contributed by atoms with Crippen molar-refractivity contribution >= 4 is 27.4 Å². The summed E-state index contributed by atoms with van der Waals surface area (Å²) in [4.78, 5) is 14.2. The summed E-state index contributed by atoms with van der Waals surface area (Å²) < 4.78 is 6.20.